The topological polar surface area (TPSA) is 64.5 Å². The van der Waals surface area contributed by atoms with Crippen molar-refractivity contribution in [1.82, 2.24) is 24.9 Å². The molecular weight excluding hydrogens is 547 g/mol. The molecule has 3 heterocycles. The second-order valence-corrected chi connectivity index (χ2v) is 11.3. The summed E-state index contributed by atoms with van der Waals surface area (Å²) >= 11 is 1.74. The minimum absolute atomic E-state index is 0.644. The van der Waals surface area contributed by atoms with Crippen molar-refractivity contribution in [2.24, 2.45) is 0 Å². The Morgan fingerprint density at radius 3 is 1.74 bits per heavy atom. The lowest BCUT2D eigenvalue weighted by atomic mass is 9.98. The van der Waals surface area contributed by atoms with Crippen LogP contribution in [-0.4, -0.2) is 24.9 Å². The van der Waals surface area contributed by atoms with Crippen LogP contribution >= 0.6 is 11.3 Å². The van der Waals surface area contributed by atoms with Crippen LogP contribution in [0.15, 0.2) is 140 Å². The first kappa shape index (κ1) is 25.1. The average Bonchev–Trinajstić information content (AvgIpc) is 3.48. The second-order valence-electron chi connectivity index (χ2n) is 10.2. The monoisotopic (exact) mass is 569 g/mol. The summed E-state index contributed by atoms with van der Waals surface area (Å²) in [6, 6.07) is 43.7. The van der Waals surface area contributed by atoms with Crippen LogP contribution in [0.4, 0.5) is 0 Å². The zero-order valence-corrected chi connectivity index (χ0v) is 23.7. The van der Waals surface area contributed by atoms with Gasteiger partial charge in [0.25, 0.3) is 0 Å². The molecule has 8 rings (SSSR count). The highest BCUT2D eigenvalue weighted by Crippen LogP contribution is 2.39. The van der Waals surface area contributed by atoms with E-state index in [9.17, 15) is 0 Å². The van der Waals surface area contributed by atoms with Gasteiger partial charge in [0.15, 0.2) is 17.5 Å². The summed E-state index contributed by atoms with van der Waals surface area (Å²) in [5.74, 6) is 1.95. The van der Waals surface area contributed by atoms with Crippen molar-refractivity contribution in [2.75, 3.05) is 0 Å². The summed E-state index contributed by atoms with van der Waals surface area (Å²) in [5.41, 5.74) is 8.45. The number of hydrogen-bond acceptors (Lipinski definition) is 6. The standard InChI is InChI=1S/C37H23N5S/c1-3-9-26(10-4-1)35-40-36(27-11-5-2-6-12-27)42-37(41-35)29-14-7-13-28(21-29)24-17-19-25(20-18-24)30-15-8-16-31-33-32(43-34(30)31)22-38-23-39-33/h1-23H. The van der Waals surface area contributed by atoms with E-state index in [1.54, 1.807) is 17.7 Å². The number of hydrogen-bond donors (Lipinski definition) is 0. The van der Waals surface area contributed by atoms with Crippen LogP contribution in [-0.2, 0) is 0 Å². The van der Waals surface area contributed by atoms with Gasteiger partial charge in [-0.1, -0.05) is 121 Å². The Labute approximate surface area is 252 Å². The first-order valence-electron chi connectivity index (χ1n) is 14.0. The van der Waals surface area contributed by atoms with Gasteiger partial charge in [-0.3, -0.25) is 0 Å². The first-order chi connectivity index (χ1) is 21.3. The van der Waals surface area contributed by atoms with Crippen LogP contribution in [0.3, 0.4) is 0 Å². The molecule has 0 amide bonds. The highest BCUT2D eigenvalue weighted by molar-refractivity contribution is 7.26. The maximum atomic E-state index is 4.90. The number of aromatic nitrogens is 5. The summed E-state index contributed by atoms with van der Waals surface area (Å²) < 4.78 is 2.33. The molecule has 0 aliphatic heterocycles. The maximum Gasteiger partial charge on any atom is 0.164 e. The smallest absolute Gasteiger partial charge is 0.164 e. The van der Waals surface area contributed by atoms with Gasteiger partial charge in [0.05, 0.1) is 10.2 Å². The minimum atomic E-state index is 0.644. The van der Waals surface area contributed by atoms with Gasteiger partial charge in [-0.15, -0.1) is 11.3 Å². The number of benzene rings is 5. The van der Waals surface area contributed by atoms with Crippen molar-refractivity contribution in [3.8, 4) is 56.4 Å². The van der Waals surface area contributed by atoms with Gasteiger partial charge in [0.2, 0.25) is 0 Å². The minimum Gasteiger partial charge on any atom is -0.243 e. The van der Waals surface area contributed by atoms with Gasteiger partial charge >= 0.3 is 0 Å². The van der Waals surface area contributed by atoms with E-state index in [0.29, 0.717) is 17.5 Å². The van der Waals surface area contributed by atoms with E-state index in [-0.39, 0.29) is 0 Å². The van der Waals surface area contributed by atoms with Gasteiger partial charge < -0.3 is 0 Å². The molecule has 43 heavy (non-hydrogen) atoms. The van der Waals surface area contributed by atoms with Crippen LogP contribution in [0.5, 0.6) is 0 Å². The molecular formula is C37H23N5S. The van der Waals surface area contributed by atoms with E-state index in [1.165, 1.54) is 21.2 Å². The lowest BCUT2D eigenvalue weighted by Crippen LogP contribution is -2.00. The number of rotatable bonds is 5. The fraction of sp³-hybridized carbons (Fsp3) is 0. The van der Waals surface area contributed by atoms with Gasteiger partial charge in [-0.25, -0.2) is 24.9 Å². The Bertz CT molecular complexity index is 2170. The lowest BCUT2D eigenvalue weighted by Gasteiger charge is -2.10. The Hall–Kier alpha value is -5.59. The molecule has 0 radical (unpaired) electrons. The molecule has 0 unspecified atom stereocenters. The Kier molecular flexibility index (Phi) is 6.24. The Morgan fingerprint density at radius 1 is 0.465 bits per heavy atom. The van der Waals surface area contributed by atoms with E-state index in [2.05, 4.69) is 76.7 Å². The number of thiophene rings is 1. The molecule has 202 valence electrons. The van der Waals surface area contributed by atoms with E-state index in [4.69, 9.17) is 15.0 Å². The van der Waals surface area contributed by atoms with Gasteiger partial charge in [-0.05, 0) is 28.3 Å². The predicted octanol–water partition coefficient (Wildman–Crippen LogP) is 9.36. The fourth-order valence-electron chi connectivity index (χ4n) is 5.38. The normalized spacial score (nSPS) is 11.3. The quantitative estimate of drug-likeness (QED) is 0.207. The first-order valence-corrected chi connectivity index (χ1v) is 14.8. The second kappa shape index (κ2) is 10.7. The summed E-state index contributed by atoms with van der Waals surface area (Å²) in [6.45, 7) is 0. The highest BCUT2D eigenvalue weighted by Gasteiger charge is 2.14. The highest BCUT2D eigenvalue weighted by atomic mass is 32.1. The van der Waals surface area contributed by atoms with E-state index in [0.717, 1.165) is 38.0 Å². The lowest BCUT2D eigenvalue weighted by molar-refractivity contribution is 1.07. The van der Waals surface area contributed by atoms with Crippen molar-refractivity contribution in [3.05, 3.63) is 140 Å². The molecule has 5 aromatic carbocycles. The molecule has 0 spiro atoms. The SMILES string of the molecule is c1ccc(-c2nc(-c3ccccc3)nc(-c3cccc(-c4ccc(-c5cccc6c5sc5cncnc56)cc4)c3)n2)cc1. The summed E-state index contributed by atoms with van der Waals surface area (Å²) in [7, 11) is 0. The fourth-order valence-corrected chi connectivity index (χ4v) is 6.55. The molecule has 0 aliphatic rings. The van der Waals surface area contributed by atoms with Crippen molar-refractivity contribution in [3.63, 3.8) is 0 Å². The van der Waals surface area contributed by atoms with Gasteiger partial charge in [0, 0.05) is 33.0 Å². The largest absolute Gasteiger partial charge is 0.243 e. The molecule has 6 heteroatoms. The van der Waals surface area contributed by atoms with Crippen LogP contribution in [0, 0.1) is 0 Å². The molecule has 0 bridgehead atoms. The molecule has 0 saturated carbocycles. The number of nitrogens with zero attached hydrogens (tertiary/aromatic N) is 5. The van der Waals surface area contributed by atoms with Crippen LogP contribution < -0.4 is 0 Å². The van der Waals surface area contributed by atoms with Crippen molar-refractivity contribution in [1.29, 1.82) is 0 Å². The third-order valence-electron chi connectivity index (χ3n) is 7.51. The average molecular weight is 570 g/mol. The van der Waals surface area contributed by atoms with Crippen molar-refractivity contribution < 1.29 is 0 Å². The number of fused-ring (bicyclic) bond motifs is 3. The Balaban J connectivity index is 1.18. The molecule has 8 aromatic rings. The third kappa shape index (κ3) is 4.74. The molecule has 0 saturated heterocycles. The predicted molar refractivity (Wildman–Crippen MR) is 175 cm³/mol. The van der Waals surface area contributed by atoms with E-state index >= 15 is 0 Å². The van der Waals surface area contributed by atoms with Crippen molar-refractivity contribution in [2.45, 2.75) is 0 Å². The molecule has 0 fully saturated rings. The van der Waals surface area contributed by atoms with Gasteiger partial charge in [0.1, 0.15) is 6.33 Å². The zero-order chi connectivity index (χ0) is 28.6. The molecule has 0 N–H and O–H groups in total. The van der Waals surface area contributed by atoms with E-state index in [1.807, 2.05) is 66.9 Å². The van der Waals surface area contributed by atoms with E-state index < -0.39 is 0 Å². The van der Waals surface area contributed by atoms with Crippen LogP contribution in [0.2, 0.25) is 0 Å². The molecule has 0 aliphatic carbocycles. The molecule has 3 aromatic heterocycles. The maximum absolute atomic E-state index is 4.90. The summed E-state index contributed by atoms with van der Waals surface area (Å²) in [4.78, 5) is 23.4. The zero-order valence-electron chi connectivity index (χ0n) is 22.9. The molecule has 5 nitrogen and oxygen atoms in total. The van der Waals surface area contributed by atoms with Crippen LogP contribution in [0.1, 0.15) is 0 Å². The van der Waals surface area contributed by atoms with Crippen molar-refractivity contribution >= 4 is 31.6 Å². The van der Waals surface area contributed by atoms with Gasteiger partial charge in [-0.2, -0.15) is 0 Å². The Morgan fingerprint density at radius 2 is 1.05 bits per heavy atom. The molecule has 0 atom stereocenters. The summed E-state index contributed by atoms with van der Waals surface area (Å²) in [6.07, 6.45) is 3.51. The third-order valence-corrected chi connectivity index (χ3v) is 8.67. The van der Waals surface area contributed by atoms with Crippen LogP contribution in [0.25, 0.3) is 76.7 Å². The summed E-state index contributed by atoms with van der Waals surface area (Å²) in [5, 5.41) is 1.17.